The van der Waals surface area contributed by atoms with E-state index in [1.165, 1.54) is 7.11 Å². The molecule has 0 bridgehead atoms. The minimum atomic E-state index is -0.567. The van der Waals surface area contributed by atoms with Crippen molar-refractivity contribution in [1.29, 1.82) is 5.26 Å². The Hall–Kier alpha value is -2.52. The van der Waals surface area contributed by atoms with Gasteiger partial charge < -0.3 is 9.47 Å². The average molecular weight is 388 g/mol. The van der Waals surface area contributed by atoms with Gasteiger partial charge in [-0.2, -0.15) is 5.26 Å². The van der Waals surface area contributed by atoms with Gasteiger partial charge in [0.05, 0.1) is 42.7 Å². The van der Waals surface area contributed by atoms with Crippen LogP contribution in [0.1, 0.15) is 50.4 Å². The average Bonchev–Trinajstić information content (AvgIpc) is 2.93. The van der Waals surface area contributed by atoms with E-state index in [2.05, 4.69) is 11.1 Å². The summed E-state index contributed by atoms with van der Waals surface area (Å²) in [6, 6.07) is 3.77. The van der Waals surface area contributed by atoms with Crippen molar-refractivity contribution in [2.75, 3.05) is 7.11 Å². The number of hydrogen-bond donors (Lipinski definition) is 0. The number of benzene rings is 1. The van der Waals surface area contributed by atoms with Gasteiger partial charge in [-0.15, -0.1) is 0 Å². The van der Waals surface area contributed by atoms with E-state index in [1.54, 1.807) is 11.1 Å². The Bertz CT molecular complexity index is 960. The van der Waals surface area contributed by atoms with Gasteiger partial charge in [-0.05, 0) is 44.9 Å². The van der Waals surface area contributed by atoms with Gasteiger partial charge in [0.15, 0.2) is 0 Å². The molecule has 3 rings (SSSR count). The van der Waals surface area contributed by atoms with Crippen LogP contribution in [0.15, 0.2) is 12.3 Å². The molecule has 142 valence electrons. The summed E-state index contributed by atoms with van der Waals surface area (Å²) in [5, 5.41) is 10.4. The topological polar surface area (TPSA) is 75.5 Å². The first-order valence-corrected chi connectivity index (χ1v) is 9.09. The highest BCUT2D eigenvalue weighted by molar-refractivity contribution is 6.34. The summed E-state index contributed by atoms with van der Waals surface area (Å²) in [7, 11) is 1.54. The molecule has 1 aliphatic rings. The van der Waals surface area contributed by atoms with Crippen LogP contribution in [0.5, 0.6) is 5.75 Å². The van der Waals surface area contributed by atoms with E-state index in [0.29, 0.717) is 28.4 Å². The monoisotopic (exact) mass is 387 g/mol. The maximum atomic E-state index is 12.6. The molecule has 2 aromatic rings. The van der Waals surface area contributed by atoms with Crippen molar-refractivity contribution in [2.24, 2.45) is 0 Å². The van der Waals surface area contributed by atoms with Crippen LogP contribution in [0.4, 0.5) is 4.79 Å². The van der Waals surface area contributed by atoms with Crippen LogP contribution >= 0.6 is 11.6 Å². The lowest BCUT2D eigenvalue weighted by molar-refractivity contribution is 0.0188. The number of carbonyl (C=O) groups excluding carboxylic acids is 1. The molecule has 2 heterocycles. The van der Waals surface area contributed by atoms with E-state index in [1.807, 2.05) is 33.8 Å². The second kappa shape index (κ2) is 6.90. The van der Waals surface area contributed by atoms with Gasteiger partial charge >= 0.3 is 6.09 Å². The van der Waals surface area contributed by atoms with E-state index in [-0.39, 0.29) is 18.6 Å². The normalized spacial score (nSPS) is 16.2. The Balaban J connectivity index is 2.14. The summed E-state index contributed by atoms with van der Waals surface area (Å²) in [6.45, 7) is 7.91. The number of halogens is 1. The number of pyridine rings is 1. The lowest BCUT2D eigenvalue weighted by atomic mass is 9.97. The molecule has 0 spiro atoms. The molecule has 1 aromatic carbocycles. The van der Waals surface area contributed by atoms with E-state index in [9.17, 15) is 10.1 Å². The number of methoxy groups -OCH3 is 1. The lowest BCUT2D eigenvalue weighted by Gasteiger charge is -2.27. The van der Waals surface area contributed by atoms with Crippen molar-refractivity contribution in [3.05, 3.63) is 34.0 Å². The minimum absolute atomic E-state index is 0.127. The summed E-state index contributed by atoms with van der Waals surface area (Å²) >= 11 is 6.41. The van der Waals surface area contributed by atoms with Crippen molar-refractivity contribution in [2.45, 2.75) is 52.3 Å². The largest absolute Gasteiger partial charge is 0.495 e. The van der Waals surface area contributed by atoms with Gasteiger partial charge in [0, 0.05) is 17.1 Å². The summed E-state index contributed by atoms with van der Waals surface area (Å²) in [4.78, 5) is 18.8. The van der Waals surface area contributed by atoms with E-state index < -0.39 is 5.60 Å². The SMILES string of the molecule is COc1cc2c3c(cnc2c(CC#N)c1Cl)CN(C(=O)OC(C)(C)C)[C@H]3C. The third-order valence-corrected chi connectivity index (χ3v) is 5.03. The maximum absolute atomic E-state index is 12.6. The number of aromatic nitrogens is 1. The molecular formula is C20H22ClN3O3. The van der Waals surface area contributed by atoms with Crippen molar-refractivity contribution in [1.82, 2.24) is 9.88 Å². The number of rotatable bonds is 2. The zero-order chi connectivity index (χ0) is 19.9. The number of ether oxygens (including phenoxy) is 2. The van der Waals surface area contributed by atoms with E-state index >= 15 is 0 Å². The molecule has 6 nitrogen and oxygen atoms in total. The maximum Gasteiger partial charge on any atom is 0.411 e. The standard InChI is InChI=1S/C20H22ClN3O3/c1-11-16-12(10-24(11)19(25)27-20(2,3)4)9-23-18-13(6-7-22)17(21)15(26-5)8-14(16)18/h8-9,11H,6,10H2,1-5H3/t11-/m0/s1. The zero-order valence-electron chi connectivity index (χ0n) is 16.1. The second-order valence-electron chi connectivity index (χ2n) is 7.58. The minimum Gasteiger partial charge on any atom is -0.495 e. The highest BCUT2D eigenvalue weighted by Crippen LogP contribution is 2.43. The second-order valence-corrected chi connectivity index (χ2v) is 7.96. The van der Waals surface area contributed by atoms with Crippen LogP contribution in [0.3, 0.4) is 0 Å². The number of nitriles is 1. The van der Waals surface area contributed by atoms with Gasteiger partial charge in [-0.1, -0.05) is 11.6 Å². The molecule has 0 unspecified atom stereocenters. The van der Waals surface area contributed by atoms with E-state index in [0.717, 1.165) is 16.5 Å². The molecule has 0 fully saturated rings. The van der Waals surface area contributed by atoms with Gasteiger partial charge in [0.1, 0.15) is 11.4 Å². The summed E-state index contributed by atoms with van der Waals surface area (Å²) in [6.07, 6.45) is 1.52. The number of amides is 1. The van der Waals surface area contributed by atoms with E-state index in [4.69, 9.17) is 21.1 Å². The molecule has 0 N–H and O–H groups in total. The van der Waals surface area contributed by atoms with Crippen molar-refractivity contribution < 1.29 is 14.3 Å². The number of fused-ring (bicyclic) bond motifs is 3. The van der Waals surface area contributed by atoms with Gasteiger partial charge in [-0.3, -0.25) is 9.88 Å². The third-order valence-electron chi connectivity index (χ3n) is 4.61. The fraction of sp³-hybridized carbons (Fsp3) is 0.450. The number of carbonyl (C=O) groups is 1. The number of hydrogen-bond acceptors (Lipinski definition) is 5. The lowest BCUT2D eigenvalue weighted by Crippen LogP contribution is -2.35. The molecule has 1 atom stereocenters. The molecule has 27 heavy (non-hydrogen) atoms. The van der Waals surface area contributed by atoms with Crippen molar-refractivity contribution >= 4 is 28.6 Å². The first-order valence-electron chi connectivity index (χ1n) is 8.71. The molecule has 1 aliphatic heterocycles. The number of nitrogens with zero attached hydrogens (tertiary/aromatic N) is 3. The third kappa shape index (κ3) is 3.40. The Morgan fingerprint density at radius 3 is 2.78 bits per heavy atom. The summed E-state index contributed by atoms with van der Waals surface area (Å²) < 4.78 is 10.9. The van der Waals surface area contributed by atoms with Crippen molar-refractivity contribution in [3.63, 3.8) is 0 Å². The molecule has 0 saturated carbocycles. The zero-order valence-corrected chi connectivity index (χ0v) is 16.8. The first kappa shape index (κ1) is 19.2. The molecule has 1 amide bonds. The fourth-order valence-electron chi connectivity index (χ4n) is 3.44. The molecule has 7 heteroatoms. The molecule has 0 aliphatic carbocycles. The Morgan fingerprint density at radius 2 is 2.19 bits per heavy atom. The molecule has 1 aromatic heterocycles. The molecule has 0 saturated heterocycles. The molecule has 0 radical (unpaired) electrons. The first-order chi connectivity index (χ1) is 12.7. The smallest absolute Gasteiger partial charge is 0.411 e. The van der Waals surface area contributed by atoms with Crippen LogP contribution < -0.4 is 4.74 Å². The van der Waals surface area contributed by atoms with Gasteiger partial charge in [0.25, 0.3) is 0 Å². The van der Waals surface area contributed by atoms with Gasteiger partial charge in [0.2, 0.25) is 0 Å². The predicted molar refractivity (Wildman–Crippen MR) is 103 cm³/mol. The Labute approximate surface area is 163 Å². The van der Waals surface area contributed by atoms with Crippen LogP contribution in [0.2, 0.25) is 5.02 Å². The fourth-order valence-corrected chi connectivity index (χ4v) is 3.73. The molecular weight excluding hydrogens is 366 g/mol. The quantitative estimate of drug-likeness (QED) is 0.741. The van der Waals surface area contributed by atoms with Crippen LogP contribution in [0.25, 0.3) is 10.9 Å². The highest BCUT2D eigenvalue weighted by Gasteiger charge is 2.35. The van der Waals surface area contributed by atoms with Gasteiger partial charge in [-0.25, -0.2) is 4.79 Å². The Kier molecular flexibility index (Phi) is 4.92. The van der Waals surface area contributed by atoms with Crippen molar-refractivity contribution in [3.8, 4) is 11.8 Å². The van der Waals surface area contributed by atoms with Crippen LogP contribution in [-0.4, -0.2) is 28.7 Å². The van der Waals surface area contributed by atoms with Crippen LogP contribution in [0, 0.1) is 11.3 Å². The van der Waals surface area contributed by atoms with Crippen LogP contribution in [-0.2, 0) is 17.7 Å². The summed E-state index contributed by atoms with van der Waals surface area (Å²) in [5.41, 5.74) is 2.68. The highest BCUT2D eigenvalue weighted by atomic mass is 35.5. The Morgan fingerprint density at radius 1 is 1.48 bits per heavy atom. The predicted octanol–water partition coefficient (Wildman–Crippen LogP) is 4.77. The summed E-state index contributed by atoms with van der Waals surface area (Å²) in [5.74, 6) is 0.493.